The Kier molecular flexibility index (Phi) is 4.19. The number of aromatic nitrogens is 1. The standard InChI is InChI=1S/C11H16N2/c1-3-4-7-12-9-11-10(2)6-5-8-13-11/h3,5-6,8,12H,1,4,7,9H2,2H3. The van der Waals surface area contributed by atoms with Crippen LogP contribution >= 0.6 is 0 Å². The van der Waals surface area contributed by atoms with Gasteiger partial charge in [-0.15, -0.1) is 6.58 Å². The zero-order valence-corrected chi connectivity index (χ0v) is 8.09. The van der Waals surface area contributed by atoms with E-state index in [1.165, 1.54) is 5.56 Å². The van der Waals surface area contributed by atoms with Gasteiger partial charge in [-0.25, -0.2) is 0 Å². The van der Waals surface area contributed by atoms with Crippen LogP contribution in [0.4, 0.5) is 0 Å². The van der Waals surface area contributed by atoms with E-state index in [4.69, 9.17) is 0 Å². The number of aryl methyl sites for hydroxylation is 1. The van der Waals surface area contributed by atoms with Crippen molar-refractivity contribution in [3.05, 3.63) is 42.2 Å². The van der Waals surface area contributed by atoms with E-state index >= 15 is 0 Å². The Morgan fingerprint density at radius 2 is 2.46 bits per heavy atom. The molecule has 1 heterocycles. The monoisotopic (exact) mass is 176 g/mol. The van der Waals surface area contributed by atoms with Crippen molar-refractivity contribution in [1.82, 2.24) is 10.3 Å². The van der Waals surface area contributed by atoms with Gasteiger partial charge in [0.05, 0.1) is 5.69 Å². The summed E-state index contributed by atoms with van der Waals surface area (Å²) in [5, 5.41) is 3.31. The minimum Gasteiger partial charge on any atom is -0.311 e. The molecule has 0 unspecified atom stereocenters. The molecule has 2 heteroatoms. The highest BCUT2D eigenvalue weighted by Gasteiger charge is 1.96. The first-order valence-corrected chi connectivity index (χ1v) is 4.56. The summed E-state index contributed by atoms with van der Waals surface area (Å²) in [6, 6.07) is 4.04. The molecule has 0 aromatic carbocycles. The quantitative estimate of drug-likeness (QED) is 0.548. The van der Waals surface area contributed by atoms with E-state index in [1.807, 2.05) is 18.3 Å². The summed E-state index contributed by atoms with van der Waals surface area (Å²) < 4.78 is 0. The van der Waals surface area contributed by atoms with E-state index in [-0.39, 0.29) is 0 Å². The Hall–Kier alpha value is -1.15. The third-order valence-electron chi connectivity index (χ3n) is 1.94. The summed E-state index contributed by atoms with van der Waals surface area (Å²) in [4.78, 5) is 4.29. The first kappa shape index (κ1) is 9.93. The Bertz CT molecular complexity index is 269. The van der Waals surface area contributed by atoms with Gasteiger partial charge in [0.15, 0.2) is 0 Å². The molecule has 0 amide bonds. The van der Waals surface area contributed by atoms with Crippen LogP contribution in [0.25, 0.3) is 0 Å². The normalized spacial score (nSPS) is 9.92. The maximum atomic E-state index is 4.29. The van der Waals surface area contributed by atoms with E-state index < -0.39 is 0 Å². The zero-order chi connectivity index (χ0) is 9.52. The second kappa shape index (κ2) is 5.49. The van der Waals surface area contributed by atoms with E-state index in [0.717, 1.165) is 25.2 Å². The Balaban J connectivity index is 2.36. The molecule has 0 radical (unpaired) electrons. The lowest BCUT2D eigenvalue weighted by atomic mass is 10.2. The predicted molar refractivity (Wildman–Crippen MR) is 55.5 cm³/mol. The van der Waals surface area contributed by atoms with Crippen molar-refractivity contribution in [2.75, 3.05) is 6.54 Å². The molecular weight excluding hydrogens is 160 g/mol. The van der Waals surface area contributed by atoms with E-state index in [9.17, 15) is 0 Å². The number of hydrogen-bond acceptors (Lipinski definition) is 2. The summed E-state index contributed by atoms with van der Waals surface area (Å²) >= 11 is 0. The van der Waals surface area contributed by atoms with Crippen molar-refractivity contribution in [1.29, 1.82) is 0 Å². The lowest BCUT2D eigenvalue weighted by Crippen LogP contribution is -2.15. The van der Waals surface area contributed by atoms with Gasteiger partial charge in [0.25, 0.3) is 0 Å². The van der Waals surface area contributed by atoms with Crippen LogP contribution in [0.5, 0.6) is 0 Å². The molecule has 1 rings (SSSR count). The number of nitrogens with zero attached hydrogens (tertiary/aromatic N) is 1. The molecule has 1 N–H and O–H groups in total. The van der Waals surface area contributed by atoms with Crippen LogP contribution in [-0.4, -0.2) is 11.5 Å². The zero-order valence-electron chi connectivity index (χ0n) is 8.09. The molecule has 0 atom stereocenters. The third-order valence-corrected chi connectivity index (χ3v) is 1.94. The average molecular weight is 176 g/mol. The minimum atomic E-state index is 0.848. The Morgan fingerprint density at radius 3 is 3.15 bits per heavy atom. The largest absolute Gasteiger partial charge is 0.311 e. The van der Waals surface area contributed by atoms with Gasteiger partial charge in [-0.05, 0) is 31.5 Å². The molecule has 0 saturated heterocycles. The molecule has 1 aromatic rings. The summed E-state index contributed by atoms with van der Waals surface area (Å²) in [6.45, 7) is 7.57. The van der Waals surface area contributed by atoms with Crippen molar-refractivity contribution in [3.8, 4) is 0 Å². The van der Waals surface area contributed by atoms with Crippen molar-refractivity contribution >= 4 is 0 Å². The lowest BCUT2D eigenvalue weighted by molar-refractivity contribution is 0.679. The highest BCUT2D eigenvalue weighted by Crippen LogP contribution is 2.01. The molecule has 0 saturated carbocycles. The van der Waals surface area contributed by atoms with E-state index in [1.54, 1.807) is 0 Å². The molecule has 0 aliphatic carbocycles. The average Bonchev–Trinajstić information content (AvgIpc) is 2.15. The number of nitrogens with one attached hydrogen (secondary N) is 1. The molecule has 13 heavy (non-hydrogen) atoms. The summed E-state index contributed by atoms with van der Waals surface area (Å²) in [5.41, 5.74) is 2.38. The van der Waals surface area contributed by atoms with Gasteiger partial charge in [-0.2, -0.15) is 0 Å². The topological polar surface area (TPSA) is 24.9 Å². The fourth-order valence-corrected chi connectivity index (χ4v) is 1.11. The number of hydrogen-bond donors (Lipinski definition) is 1. The van der Waals surface area contributed by atoms with Crippen molar-refractivity contribution in [2.45, 2.75) is 19.9 Å². The van der Waals surface area contributed by atoms with Crippen molar-refractivity contribution in [2.24, 2.45) is 0 Å². The molecule has 1 aromatic heterocycles. The van der Waals surface area contributed by atoms with Crippen LogP contribution in [0.1, 0.15) is 17.7 Å². The van der Waals surface area contributed by atoms with Gasteiger partial charge >= 0.3 is 0 Å². The van der Waals surface area contributed by atoms with Crippen molar-refractivity contribution < 1.29 is 0 Å². The smallest absolute Gasteiger partial charge is 0.0570 e. The number of rotatable bonds is 5. The Morgan fingerprint density at radius 1 is 1.62 bits per heavy atom. The van der Waals surface area contributed by atoms with Crippen LogP contribution in [-0.2, 0) is 6.54 Å². The lowest BCUT2D eigenvalue weighted by Gasteiger charge is -2.04. The third kappa shape index (κ3) is 3.38. The molecule has 2 nitrogen and oxygen atoms in total. The first-order valence-electron chi connectivity index (χ1n) is 4.56. The molecule has 0 bridgehead atoms. The number of pyridine rings is 1. The molecule has 70 valence electrons. The molecule has 0 aliphatic heterocycles. The van der Waals surface area contributed by atoms with Gasteiger partial charge in [0, 0.05) is 12.7 Å². The van der Waals surface area contributed by atoms with Crippen LogP contribution in [0.2, 0.25) is 0 Å². The van der Waals surface area contributed by atoms with Crippen LogP contribution in [0.15, 0.2) is 31.0 Å². The maximum Gasteiger partial charge on any atom is 0.0570 e. The summed E-state index contributed by atoms with van der Waals surface area (Å²) in [5.74, 6) is 0. The van der Waals surface area contributed by atoms with Gasteiger partial charge < -0.3 is 5.32 Å². The summed E-state index contributed by atoms with van der Waals surface area (Å²) in [6.07, 6.45) is 4.75. The molecule has 0 fully saturated rings. The highest BCUT2D eigenvalue weighted by molar-refractivity contribution is 5.17. The highest BCUT2D eigenvalue weighted by atomic mass is 14.9. The van der Waals surface area contributed by atoms with Crippen molar-refractivity contribution in [3.63, 3.8) is 0 Å². The maximum absolute atomic E-state index is 4.29. The Labute approximate surface area is 79.7 Å². The van der Waals surface area contributed by atoms with Gasteiger partial charge in [0.1, 0.15) is 0 Å². The molecule has 0 spiro atoms. The second-order valence-electron chi connectivity index (χ2n) is 3.02. The predicted octanol–water partition coefficient (Wildman–Crippen LogP) is 2.06. The van der Waals surface area contributed by atoms with E-state index in [2.05, 4.69) is 29.9 Å². The van der Waals surface area contributed by atoms with Crippen LogP contribution in [0.3, 0.4) is 0 Å². The molecule has 0 aliphatic rings. The van der Waals surface area contributed by atoms with Gasteiger partial charge in [0.2, 0.25) is 0 Å². The van der Waals surface area contributed by atoms with E-state index in [0.29, 0.717) is 0 Å². The van der Waals surface area contributed by atoms with Crippen LogP contribution in [0, 0.1) is 6.92 Å². The minimum absolute atomic E-state index is 0.848. The van der Waals surface area contributed by atoms with Crippen LogP contribution < -0.4 is 5.32 Å². The summed E-state index contributed by atoms with van der Waals surface area (Å²) in [7, 11) is 0. The SMILES string of the molecule is C=CCCNCc1ncccc1C. The molecular formula is C11H16N2. The van der Waals surface area contributed by atoms with Gasteiger partial charge in [-0.1, -0.05) is 12.1 Å². The second-order valence-corrected chi connectivity index (χ2v) is 3.02. The fraction of sp³-hybridized carbons (Fsp3) is 0.364. The van der Waals surface area contributed by atoms with Gasteiger partial charge in [-0.3, -0.25) is 4.98 Å². The first-order chi connectivity index (χ1) is 6.34. The fourth-order valence-electron chi connectivity index (χ4n) is 1.11.